The first-order chi connectivity index (χ1) is 13.7. The van der Waals surface area contributed by atoms with Crippen LogP contribution in [0.5, 0.6) is 17.2 Å². The number of carbonyl (C=O) groups is 1. The van der Waals surface area contributed by atoms with Crippen molar-refractivity contribution in [3.63, 3.8) is 0 Å². The van der Waals surface area contributed by atoms with Crippen LogP contribution in [0.25, 0.3) is 0 Å². The Morgan fingerprint density at radius 2 is 1.57 bits per heavy atom. The van der Waals surface area contributed by atoms with E-state index in [-0.39, 0.29) is 5.91 Å². The Morgan fingerprint density at radius 1 is 0.857 bits per heavy atom. The fourth-order valence-corrected chi connectivity index (χ4v) is 2.89. The van der Waals surface area contributed by atoms with Crippen LogP contribution in [0.1, 0.15) is 10.4 Å². The van der Waals surface area contributed by atoms with Gasteiger partial charge in [0, 0.05) is 28.7 Å². The molecular formula is C22H20N2O4. The van der Waals surface area contributed by atoms with Crippen LogP contribution >= 0.6 is 0 Å². The average Bonchev–Trinajstić information content (AvgIpc) is 2.75. The molecule has 0 fully saturated rings. The minimum Gasteiger partial charge on any atom is -0.497 e. The maximum atomic E-state index is 12.4. The summed E-state index contributed by atoms with van der Waals surface area (Å²) in [7, 11) is 1.57. The molecule has 0 aromatic heterocycles. The number of anilines is 3. The lowest BCUT2D eigenvalue weighted by atomic mass is 10.2. The molecule has 0 saturated carbocycles. The van der Waals surface area contributed by atoms with Crippen LogP contribution in [-0.4, -0.2) is 26.2 Å². The second-order valence-electron chi connectivity index (χ2n) is 6.25. The van der Waals surface area contributed by atoms with Crippen molar-refractivity contribution in [3.8, 4) is 17.2 Å². The van der Waals surface area contributed by atoms with Gasteiger partial charge in [-0.3, -0.25) is 4.79 Å². The first-order valence-electron chi connectivity index (χ1n) is 8.93. The normalized spacial score (nSPS) is 12.2. The zero-order valence-electron chi connectivity index (χ0n) is 15.4. The molecule has 1 heterocycles. The second-order valence-corrected chi connectivity index (χ2v) is 6.25. The Bertz CT molecular complexity index is 986. The number of carbonyl (C=O) groups excluding carboxylic acids is 1. The third kappa shape index (κ3) is 4.01. The molecule has 6 heteroatoms. The number of methoxy groups -OCH3 is 1. The molecule has 0 bridgehead atoms. The van der Waals surface area contributed by atoms with Gasteiger partial charge in [-0.25, -0.2) is 0 Å². The van der Waals surface area contributed by atoms with Gasteiger partial charge in [0.15, 0.2) is 11.5 Å². The van der Waals surface area contributed by atoms with Gasteiger partial charge in [-0.1, -0.05) is 6.07 Å². The lowest BCUT2D eigenvalue weighted by Gasteiger charge is -2.19. The molecule has 0 aliphatic carbocycles. The minimum atomic E-state index is -0.188. The maximum Gasteiger partial charge on any atom is 0.255 e. The minimum absolute atomic E-state index is 0.188. The van der Waals surface area contributed by atoms with Gasteiger partial charge in [-0.05, 0) is 54.6 Å². The summed E-state index contributed by atoms with van der Waals surface area (Å²) in [4.78, 5) is 12.4. The van der Waals surface area contributed by atoms with Crippen LogP contribution < -0.4 is 24.8 Å². The lowest BCUT2D eigenvalue weighted by Crippen LogP contribution is -2.15. The molecule has 0 unspecified atom stereocenters. The first-order valence-corrected chi connectivity index (χ1v) is 8.93. The van der Waals surface area contributed by atoms with Gasteiger partial charge < -0.3 is 24.8 Å². The smallest absolute Gasteiger partial charge is 0.255 e. The number of ether oxygens (including phenoxy) is 3. The second kappa shape index (κ2) is 7.92. The molecule has 3 aromatic rings. The number of hydrogen-bond acceptors (Lipinski definition) is 5. The van der Waals surface area contributed by atoms with Crippen molar-refractivity contribution in [1.82, 2.24) is 0 Å². The Kier molecular flexibility index (Phi) is 5.01. The summed E-state index contributed by atoms with van der Waals surface area (Å²) in [6.45, 7) is 1.13. The molecule has 1 amide bonds. The molecule has 28 heavy (non-hydrogen) atoms. The third-order valence-electron chi connectivity index (χ3n) is 4.31. The summed E-state index contributed by atoms with van der Waals surface area (Å²) in [5.74, 6) is 1.95. The van der Waals surface area contributed by atoms with E-state index in [1.165, 1.54) is 0 Å². The van der Waals surface area contributed by atoms with Crippen molar-refractivity contribution >= 4 is 23.0 Å². The van der Waals surface area contributed by atoms with Gasteiger partial charge in [0.2, 0.25) is 0 Å². The van der Waals surface area contributed by atoms with Crippen molar-refractivity contribution in [2.24, 2.45) is 0 Å². The van der Waals surface area contributed by atoms with Crippen LogP contribution in [0, 0.1) is 0 Å². The lowest BCUT2D eigenvalue weighted by molar-refractivity contribution is 0.102. The molecule has 142 valence electrons. The fourth-order valence-electron chi connectivity index (χ4n) is 2.89. The van der Waals surface area contributed by atoms with Gasteiger partial charge in [0.25, 0.3) is 5.91 Å². The molecule has 2 N–H and O–H groups in total. The van der Waals surface area contributed by atoms with Crippen molar-refractivity contribution < 1.29 is 19.0 Å². The van der Waals surface area contributed by atoms with Crippen molar-refractivity contribution in [3.05, 3.63) is 72.3 Å². The monoisotopic (exact) mass is 376 g/mol. The summed E-state index contributed by atoms with van der Waals surface area (Å²) in [6, 6.07) is 20.3. The quantitative estimate of drug-likeness (QED) is 0.688. The topological polar surface area (TPSA) is 68.8 Å². The molecule has 0 saturated heterocycles. The highest BCUT2D eigenvalue weighted by Crippen LogP contribution is 2.33. The Hall–Kier alpha value is -3.67. The van der Waals surface area contributed by atoms with Crippen LogP contribution in [0.4, 0.5) is 17.1 Å². The number of benzene rings is 3. The van der Waals surface area contributed by atoms with Gasteiger partial charge in [0.1, 0.15) is 19.0 Å². The molecule has 6 nitrogen and oxygen atoms in total. The summed E-state index contributed by atoms with van der Waals surface area (Å²) >= 11 is 0. The maximum absolute atomic E-state index is 12.4. The first kappa shape index (κ1) is 17.7. The number of rotatable bonds is 5. The molecule has 0 radical (unpaired) electrons. The summed E-state index contributed by atoms with van der Waals surface area (Å²) < 4.78 is 16.3. The number of amides is 1. The average molecular weight is 376 g/mol. The van der Waals surface area contributed by atoms with E-state index in [4.69, 9.17) is 14.2 Å². The highest BCUT2D eigenvalue weighted by molar-refractivity contribution is 6.04. The number of nitrogens with one attached hydrogen (secondary N) is 2. The third-order valence-corrected chi connectivity index (χ3v) is 4.31. The summed E-state index contributed by atoms with van der Waals surface area (Å²) in [6.07, 6.45) is 0. The van der Waals surface area contributed by atoms with Gasteiger partial charge in [0.05, 0.1) is 7.11 Å². The molecule has 1 aliphatic heterocycles. The van der Waals surface area contributed by atoms with Gasteiger partial charge in [-0.15, -0.1) is 0 Å². The standard InChI is InChI=1S/C22H20N2O4/c1-26-19-4-2-3-15(13-19)22(25)24-17-7-5-16(6-8-17)23-18-9-10-20-21(14-18)28-12-11-27-20/h2-10,13-14,23H,11-12H2,1H3,(H,24,25). The van der Waals surface area contributed by atoms with Crippen LogP contribution in [-0.2, 0) is 0 Å². The SMILES string of the molecule is COc1cccc(C(=O)Nc2ccc(Nc3ccc4c(c3)OCCO4)cc2)c1. The van der Waals surface area contributed by atoms with E-state index in [0.29, 0.717) is 30.2 Å². The van der Waals surface area contributed by atoms with Crippen molar-refractivity contribution in [2.45, 2.75) is 0 Å². The number of hydrogen-bond donors (Lipinski definition) is 2. The number of fused-ring (bicyclic) bond motifs is 1. The molecule has 4 rings (SSSR count). The predicted molar refractivity (Wildman–Crippen MR) is 108 cm³/mol. The highest BCUT2D eigenvalue weighted by atomic mass is 16.6. The predicted octanol–water partition coefficient (Wildman–Crippen LogP) is 4.46. The molecule has 0 atom stereocenters. The molecule has 0 spiro atoms. The molecular weight excluding hydrogens is 356 g/mol. The Labute approximate surface area is 163 Å². The van der Waals surface area contributed by atoms with Gasteiger partial charge >= 0.3 is 0 Å². The zero-order chi connectivity index (χ0) is 19.3. The van der Waals surface area contributed by atoms with E-state index in [1.54, 1.807) is 31.4 Å². The largest absolute Gasteiger partial charge is 0.497 e. The van der Waals surface area contributed by atoms with E-state index < -0.39 is 0 Å². The van der Waals surface area contributed by atoms with Crippen molar-refractivity contribution in [1.29, 1.82) is 0 Å². The molecule has 1 aliphatic rings. The van der Waals surface area contributed by atoms with Crippen LogP contribution in [0.3, 0.4) is 0 Å². The summed E-state index contributed by atoms with van der Waals surface area (Å²) in [5, 5.41) is 6.20. The van der Waals surface area contributed by atoms with Crippen molar-refractivity contribution in [2.75, 3.05) is 31.0 Å². The highest BCUT2D eigenvalue weighted by Gasteiger charge is 2.12. The van der Waals surface area contributed by atoms with E-state index >= 15 is 0 Å². The van der Waals surface area contributed by atoms with Gasteiger partial charge in [-0.2, -0.15) is 0 Å². The van der Waals surface area contributed by atoms with E-state index in [0.717, 1.165) is 22.9 Å². The van der Waals surface area contributed by atoms with Crippen LogP contribution in [0.2, 0.25) is 0 Å². The fraction of sp³-hybridized carbons (Fsp3) is 0.136. The Balaban J connectivity index is 1.41. The van der Waals surface area contributed by atoms with Crippen LogP contribution in [0.15, 0.2) is 66.7 Å². The van der Waals surface area contributed by atoms with E-state index in [2.05, 4.69) is 10.6 Å². The van der Waals surface area contributed by atoms with E-state index in [1.807, 2.05) is 42.5 Å². The van der Waals surface area contributed by atoms with E-state index in [9.17, 15) is 4.79 Å². The summed E-state index contributed by atoms with van der Waals surface area (Å²) in [5.41, 5.74) is 3.05. The zero-order valence-corrected chi connectivity index (χ0v) is 15.4. The Morgan fingerprint density at radius 3 is 2.36 bits per heavy atom. The molecule has 3 aromatic carbocycles.